The second-order valence-electron chi connectivity index (χ2n) is 5.53. The Hall–Kier alpha value is -2.04. The summed E-state index contributed by atoms with van der Waals surface area (Å²) in [5.74, 6) is 0.744. The standard InChI is InChI=1S/C17H24N2O3/c1-4-18(5-2)17(21)14-10-16(20)19(12-14)11-13-6-8-15(22-3)9-7-13/h6-9,14H,4-5,10-12H2,1-3H3/t14-/m1/s1. The quantitative estimate of drug-likeness (QED) is 0.806. The Morgan fingerprint density at radius 2 is 1.91 bits per heavy atom. The van der Waals surface area contributed by atoms with E-state index in [9.17, 15) is 9.59 Å². The van der Waals surface area contributed by atoms with Gasteiger partial charge in [-0.2, -0.15) is 0 Å². The molecule has 2 rings (SSSR count). The van der Waals surface area contributed by atoms with Crippen molar-refractivity contribution >= 4 is 11.8 Å². The van der Waals surface area contributed by atoms with Crippen molar-refractivity contribution in [3.05, 3.63) is 29.8 Å². The molecule has 0 bridgehead atoms. The normalized spacial score (nSPS) is 17.7. The maximum absolute atomic E-state index is 12.4. The summed E-state index contributed by atoms with van der Waals surface area (Å²) in [5.41, 5.74) is 1.05. The molecular formula is C17H24N2O3. The lowest BCUT2D eigenvalue weighted by molar-refractivity contribution is -0.135. The second-order valence-corrected chi connectivity index (χ2v) is 5.53. The molecule has 0 spiro atoms. The fraction of sp³-hybridized carbons (Fsp3) is 0.529. The van der Waals surface area contributed by atoms with Crippen molar-refractivity contribution in [1.29, 1.82) is 0 Å². The maximum Gasteiger partial charge on any atom is 0.227 e. The van der Waals surface area contributed by atoms with Crippen LogP contribution in [0.1, 0.15) is 25.8 Å². The minimum Gasteiger partial charge on any atom is -0.497 e. The highest BCUT2D eigenvalue weighted by Crippen LogP contribution is 2.23. The average Bonchev–Trinajstić information content (AvgIpc) is 2.90. The number of amides is 2. The lowest BCUT2D eigenvalue weighted by atomic mass is 10.1. The number of likely N-dealkylation sites (tertiary alicyclic amines) is 1. The number of benzene rings is 1. The van der Waals surface area contributed by atoms with Crippen LogP contribution in [0.5, 0.6) is 5.75 Å². The summed E-state index contributed by atoms with van der Waals surface area (Å²) in [6, 6.07) is 7.67. The van der Waals surface area contributed by atoms with Gasteiger partial charge in [-0.25, -0.2) is 0 Å². The van der Waals surface area contributed by atoms with Gasteiger partial charge in [-0.05, 0) is 31.5 Å². The van der Waals surface area contributed by atoms with E-state index in [0.717, 1.165) is 11.3 Å². The van der Waals surface area contributed by atoms with Gasteiger partial charge in [-0.15, -0.1) is 0 Å². The van der Waals surface area contributed by atoms with Gasteiger partial charge in [-0.1, -0.05) is 12.1 Å². The summed E-state index contributed by atoms with van der Waals surface area (Å²) in [4.78, 5) is 28.1. The molecule has 1 aliphatic rings. The predicted octanol–water partition coefficient (Wildman–Crippen LogP) is 1.91. The molecule has 5 nitrogen and oxygen atoms in total. The summed E-state index contributed by atoms with van der Waals surface area (Å²) in [7, 11) is 1.63. The van der Waals surface area contributed by atoms with E-state index in [1.54, 1.807) is 16.9 Å². The lowest BCUT2D eigenvalue weighted by Crippen LogP contribution is -2.37. The minimum absolute atomic E-state index is 0.0568. The molecular weight excluding hydrogens is 280 g/mol. The zero-order valence-corrected chi connectivity index (χ0v) is 13.5. The highest BCUT2D eigenvalue weighted by Gasteiger charge is 2.35. The molecule has 2 amide bonds. The first kappa shape index (κ1) is 16.3. The molecule has 0 aromatic heterocycles. The molecule has 0 N–H and O–H groups in total. The largest absolute Gasteiger partial charge is 0.497 e. The van der Waals surface area contributed by atoms with Gasteiger partial charge in [0.15, 0.2) is 0 Å². The molecule has 120 valence electrons. The molecule has 1 heterocycles. The van der Waals surface area contributed by atoms with Gasteiger partial charge < -0.3 is 14.5 Å². The minimum atomic E-state index is -0.203. The van der Waals surface area contributed by atoms with Crippen LogP contribution in [0.25, 0.3) is 0 Å². The van der Waals surface area contributed by atoms with Crippen molar-refractivity contribution in [2.24, 2.45) is 5.92 Å². The third-order valence-corrected chi connectivity index (χ3v) is 4.17. The zero-order chi connectivity index (χ0) is 16.1. The molecule has 1 aliphatic heterocycles. The van der Waals surface area contributed by atoms with Crippen LogP contribution in [-0.2, 0) is 16.1 Å². The van der Waals surface area contributed by atoms with Gasteiger partial charge in [0.25, 0.3) is 0 Å². The van der Waals surface area contributed by atoms with Gasteiger partial charge in [0.1, 0.15) is 5.75 Å². The highest BCUT2D eigenvalue weighted by molar-refractivity contribution is 5.89. The maximum atomic E-state index is 12.4. The molecule has 0 unspecified atom stereocenters. The number of methoxy groups -OCH3 is 1. The van der Waals surface area contributed by atoms with Crippen LogP contribution >= 0.6 is 0 Å². The first-order valence-electron chi connectivity index (χ1n) is 7.78. The first-order chi connectivity index (χ1) is 10.6. The van der Waals surface area contributed by atoms with Gasteiger partial charge in [-0.3, -0.25) is 9.59 Å². The van der Waals surface area contributed by atoms with Crippen LogP contribution < -0.4 is 4.74 Å². The number of carbonyl (C=O) groups is 2. The van der Waals surface area contributed by atoms with Crippen LogP contribution in [0.2, 0.25) is 0 Å². The molecule has 1 aromatic carbocycles. The third kappa shape index (κ3) is 3.59. The van der Waals surface area contributed by atoms with E-state index in [2.05, 4.69) is 0 Å². The van der Waals surface area contributed by atoms with Crippen LogP contribution in [0.15, 0.2) is 24.3 Å². The van der Waals surface area contributed by atoms with Crippen LogP contribution in [0, 0.1) is 5.92 Å². The summed E-state index contributed by atoms with van der Waals surface area (Å²) in [6.07, 6.45) is 0.325. The molecule has 0 radical (unpaired) electrons. The first-order valence-corrected chi connectivity index (χ1v) is 7.78. The van der Waals surface area contributed by atoms with Crippen LogP contribution in [0.4, 0.5) is 0 Å². The van der Waals surface area contributed by atoms with E-state index >= 15 is 0 Å². The topological polar surface area (TPSA) is 49.9 Å². The lowest BCUT2D eigenvalue weighted by Gasteiger charge is -2.22. The molecule has 0 saturated carbocycles. The summed E-state index contributed by atoms with van der Waals surface area (Å²) < 4.78 is 5.13. The van der Waals surface area contributed by atoms with E-state index in [1.165, 1.54) is 0 Å². The van der Waals surface area contributed by atoms with Gasteiger partial charge >= 0.3 is 0 Å². The molecule has 1 saturated heterocycles. The number of carbonyl (C=O) groups excluding carboxylic acids is 2. The van der Waals surface area contributed by atoms with Crippen molar-refractivity contribution in [2.45, 2.75) is 26.8 Å². The average molecular weight is 304 g/mol. The Bertz CT molecular complexity index is 523. The van der Waals surface area contributed by atoms with Crippen molar-refractivity contribution in [1.82, 2.24) is 9.80 Å². The van der Waals surface area contributed by atoms with Crippen LogP contribution in [-0.4, -0.2) is 48.4 Å². The monoisotopic (exact) mass is 304 g/mol. The van der Waals surface area contributed by atoms with Gasteiger partial charge in [0.2, 0.25) is 11.8 Å². The van der Waals surface area contributed by atoms with E-state index < -0.39 is 0 Å². The van der Waals surface area contributed by atoms with Crippen LogP contribution in [0.3, 0.4) is 0 Å². The van der Waals surface area contributed by atoms with Gasteiger partial charge in [0, 0.05) is 32.6 Å². The van der Waals surface area contributed by atoms with Gasteiger partial charge in [0.05, 0.1) is 13.0 Å². The molecule has 5 heteroatoms. The molecule has 1 aromatic rings. The Morgan fingerprint density at radius 1 is 1.27 bits per heavy atom. The predicted molar refractivity (Wildman–Crippen MR) is 84.4 cm³/mol. The molecule has 1 atom stereocenters. The summed E-state index contributed by atoms with van der Waals surface area (Å²) >= 11 is 0. The number of rotatable bonds is 6. The molecule has 22 heavy (non-hydrogen) atoms. The van der Waals surface area contributed by atoms with Crippen molar-refractivity contribution in [3.8, 4) is 5.75 Å². The number of hydrogen-bond acceptors (Lipinski definition) is 3. The smallest absolute Gasteiger partial charge is 0.227 e. The van der Waals surface area contributed by atoms with E-state index in [-0.39, 0.29) is 17.7 Å². The zero-order valence-electron chi connectivity index (χ0n) is 13.5. The van der Waals surface area contributed by atoms with E-state index in [4.69, 9.17) is 4.74 Å². The molecule has 1 fully saturated rings. The van der Waals surface area contributed by atoms with Crippen molar-refractivity contribution < 1.29 is 14.3 Å². The van der Waals surface area contributed by atoms with E-state index in [1.807, 2.05) is 38.1 Å². The summed E-state index contributed by atoms with van der Waals surface area (Å²) in [6.45, 7) is 6.38. The Kier molecular flexibility index (Phi) is 5.41. The number of ether oxygens (including phenoxy) is 1. The Morgan fingerprint density at radius 3 is 2.45 bits per heavy atom. The number of hydrogen-bond donors (Lipinski definition) is 0. The highest BCUT2D eigenvalue weighted by atomic mass is 16.5. The third-order valence-electron chi connectivity index (χ3n) is 4.17. The fourth-order valence-electron chi connectivity index (χ4n) is 2.84. The summed E-state index contributed by atoms with van der Waals surface area (Å²) in [5, 5.41) is 0. The van der Waals surface area contributed by atoms with E-state index in [0.29, 0.717) is 32.6 Å². The SMILES string of the molecule is CCN(CC)C(=O)[C@@H]1CC(=O)N(Cc2ccc(OC)cc2)C1. The van der Waals surface area contributed by atoms with Crippen molar-refractivity contribution in [2.75, 3.05) is 26.7 Å². The fourth-order valence-corrected chi connectivity index (χ4v) is 2.84. The molecule has 0 aliphatic carbocycles. The second kappa shape index (κ2) is 7.29. The Labute approximate surface area is 131 Å². The van der Waals surface area contributed by atoms with Crippen molar-refractivity contribution in [3.63, 3.8) is 0 Å². The number of nitrogens with zero attached hydrogens (tertiary/aromatic N) is 2. The Balaban J connectivity index is 1.98.